The van der Waals surface area contributed by atoms with Crippen molar-refractivity contribution in [1.82, 2.24) is 10.3 Å². The van der Waals surface area contributed by atoms with Crippen LogP contribution in [0.15, 0.2) is 48.5 Å². The first-order chi connectivity index (χ1) is 17.6. The monoisotopic (exact) mass is 500 g/mol. The summed E-state index contributed by atoms with van der Waals surface area (Å²) in [4.78, 5) is 29.5. The molecule has 0 spiro atoms. The van der Waals surface area contributed by atoms with Crippen molar-refractivity contribution in [3.05, 3.63) is 70.9 Å². The number of rotatable bonds is 8. The predicted molar refractivity (Wildman–Crippen MR) is 147 cm³/mol. The summed E-state index contributed by atoms with van der Waals surface area (Å²) < 4.78 is 10.5. The van der Waals surface area contributed by atoms with E-state index in [0.717, 1.165) is 45.3 Å². The molecule has 1 N–H and O–H groups in total. The number of ether oxygens (including phenoxy) is 2. The fourth-order valence-electron chi connectivity index (χ4n) is 4.31. The zero-order chi connectivity index (χ0) is 26.6. The molecular weight excluding hydrogens is 464 g/mol. The molecular formula is C31H36N2O4. The molecule has 1 fully saturated rings. The molecule has 6 heteroatoms. The van der Waals surface area contributed by atoms with E-state index in [-0.39, 0.29) is 5.97 Å². The molecule has 0 bridgehead atoms. The zero-order valence-electron chi connectivity index (χ0n) is 22.4. The smallest absolute Gasteiger partial charge is 0.407 e. The molecule has 1 aliphatic rings. The lowest BCUT2D eigenvalue weighted by molar-refractivity contribution is -0.137. The van der Waals surface area contributed by atoms with Gasteiger partial charge in [-0.2, -0.15) is 0 Å². The number of benzene rings is 2. The Kier molecular flexibility index (Phi) is 7.96. The number of aromatic nitrogens is 1. The number of fused-ring (bicyclic) bond motifs is 1. The lowest BCUT2D eigenvalue weighted by atomic mass is 9.91. The van der Waals surface area contributed by atoms with E-state index in [1.807, 2.05) is 39.0 Å². The topological polar surface area (TPSA) is 77.5 Å². The lowest BCUT2D eigenvalue weighted by Gasteiger charge is -2.22. The molecule has 4 rings (SSSR count). The standard InChI is InChI=1S/C31H36N2O4/c1-6-36-28(34)16-12-21-11-15-26-24(17-21)29(23-13-7-20(2)8-14-23)25(27(33-26)18-22-9-10-22)19-32-30(35)37-31(3,4)5/h7-8,11-17,22H,6,9-10,18-19H2,1-5H3,(H,32,35). The van der Waals surface area contributed by atoms with E-state index in [1.54, 1.807) is 13.0 Å². The molecule has 0 unspecified atom stereocenters. The highest BCUT2D eigenvalue weighted by molar-refractivity contribution is 5.98. The molecule has 6 nitrogen and oxygen atoms in total. The zero-order valence-corrected chi connectivity index (χ0v) is 22.4. The Labute approximate surface area is 219 Å². The van der Waals surface area contributed by atoms with Gasteiger partial charge in [-0.1, -0.05) is 35.9 Å². The Hall–Kier alpha value is -3.67. The summed E-state index contributed by atoms with van der Waals surface area (Å²) in [5.74, 6) is 0.254. The highest BCUT2D eigenvalue weighted by atomic mass is 16.6. The number of aryl methyl sites for hydroxylation is 1. The van der Waals surface area contributed by atoms with Crippen LogP contribution in [0.4, 0.5) is 4.79 Å². The van der Waals surface area contributed by atoms with Crippen LogP contribution in [0.1, 0.15) is 62.9 Å². The Bertz CT molecular complexity index is 1320. The maximum atomic E-state index is 12.6. The normalized spacial score (nSPS) is 13.6. The summed E-state index contributed by atoms with van der Waals surface area (Å²) in [7, 11) is 0. The van der Waals surface area contributed by atoms with Gasteiger partial charge in [0.2, 0.25) is 0 Å². The average Bonchev–Trinajstić information content (AvgIpc) is 3.65. The minimum absolute atomic E-state index is 0.312. The second kappa shape index (κ2) is 11.2. The summed E-state index contributed by atoms with van der Waals surface area (Å²) in [6.07, 6.45) is 6.03. The molecule has 0 aliphatic heterocycles. The highest BCUT2D eigenvalue weighted by Gasteiger charge is 2.26. The number of hydrogen-bond donors (Lipinski definition) is 1. The van der Waals surface area contributed by atoms with E-state index in [2.05, 4.69) is 36.5 Å². The first kappa shape index (κ1) is 26.4. The number of carbonyl (C=O) groups excluding carboxylic acids is 2. The van der Waals surface area contributed by atoms with Crippen molar-refractivity contribution in [2.24, 2.45) is 5.92 Å². The number of esters is 1. The van der Waals surface area contributed by atoms with E-state index in [1.165, 1.54) is 24.5 Å². The van der Waals surface area contributed by atoms with Crippen molar-refractivity contribution in [2.45, 2.75) is 66.0 Å². The molecule has 2 aromatic carbocycles. The second-order valence-electron chi connectivity index (χ2n) is 10.6. The largest absolute Gasteiger partial charge is 0.463 e. The van der Waals surface area contributed by atoms with Crippen LogP contribution < -0.4 is 5.32 Å². The summed E-state index contributed by atoms with van der Waals surface area (Å²) >= 11 is 0. The van der Waals surface area contributed by atoms with Gasteiger partial charge in [0, 0.05) is 29.3 Å². The van der Waals surface area contributed by atoms with Gasteiger partial charge in [-0.3, -0.25) is 4.98 Å². The maximum Gasteiger partial charge on any atom is 0.407 e. The van der Waals surface area contributed by atoms with Crippen molar-refractivity contribution >= 4 is 29.0 Å². The maximum absolute atomic E-state index is 12.6. The number of carbonyl (C=O) groups is 2. The Morgan fingerprint density at radius 2 is 1.84 bits per heavy atom. The number of pyridine rings is 1. The van der Waals surface area contributed by atoms with Crippen LogP contribution in [0.5, 0.6) is 0 Å². The molecule has 3 aromatic rings. The van der Waals surface area contributed by atoms with Crippen LogP contribution >= 0.6 is 0 Å². The molecule has 1 heterocycles. The van der Waals surface area contributed by atoms with Crippen LogP contribution in [-0.2, 0) is 27.2 Å². The van der Waals surface area contributed by atoms with Crippen LogP contribution in [0.2, 0.25) is 0 Å². The number of nitrogens with zero attached hydrogens (tertiary/aromatic N) is 1. The van der Waals surface area contributed by atoms with Crippen molar-refractivity contribution in [2.75, 3.05) is 6.61 Å². The van der Waals surface area contributed by atoms with E-state index in [4.69, 9.17) is 14.5 Å². The van der Waals surface area contributed by atoms with Crippen LogP contribution in [0.3, 0.4) is 0 Å². The first-order valence-electron chi connectivity index (χ1n) is 13.0. The van der Waals surface area contributed by atoms with Crippen molar-refractivity contribution in [1.29, 1.82) is 0 Å². The molecule has 0 radical (unpaired) electrons. The van der Waals surface area contributed by atoms with E-state index in [0.29, 0.717) is 19.1 Å². The van der Waals surface area contributed by atoms with Crippen molar-refractivity contribution in [3.63, 3.8) is 0 Å². The van der Waals surface area contributed by atoms with Crippen LogP contribution in [0, 0.1) is 12.8 Å². The molecule has 0 atom stereocenters. The second-order valence-corrected chi connectivity index (χ2v) is 10.6. The molecule has 37 heavy (non-hydrogen) atoms. The summed E-state index contributed by atoms with van der Waals surface area (Å²) in [6.45, 7) is 10.1. The third kappa shape index (κ3) is 7.19. The van der Waals surface area contributed by atoms with Gasteiger partial charge >= 0.3 is 12.1 Å². The fraction of sp³-hybridized carbons (Fsp3) is 0.387. The van der Waals surface area contributed by atoms with E-state index in [9.17, 15) is 9.59 Å². The van der Waals surface area contributed by atoms with Crippen LogP contribution in [0.25, 0.3) is 28.1 Å². The molecule has 1 amide bonds. The molecule has 194 valence electrons. The van der Waals surface area contributed by atoms with Gasteiger partial charge in [0.05, 0.1) is 12.1 Å². The van der Waals surface area contributed by atoms with Crippen molar-refractivity contribution < 1.29 is 19.1 Å². The van der Waals surface area contributed by atoms with E-state index >= 15 is 0 Å². The summed E-state index contributed by atoms with van der Waals surface area (Å²) in [5, 5.41) is 3.94. The molecule has 1 saturated carbocycles. The van der Waals surface area contributed by atoms with Gasteiger partial charge in [0.1, 0.15) is 5.60 Å². The van der Waals surface area contributed by atoms with Gasteiger partial charge in [-0.05, 0) is 94.7 Å². The summed E-state index contributed by atoms with van der Waals surface area (Å²) in [5.41, 5.74) is 6.47. The number of alkyl carbamates (subject to hydrolysis) is 1. The SMILES string of the molecule is CCOC(=O)C=Cc1ccc2nc(CC3CC3)c(CNC(=O)OC(C)(C)C)c(-c3ccc(C)cc3)c2c1. The lowest BCUT2D eigenvalue weighted by Crippen LogP contribution is -2.32. The highest BCUT2D eigenvalue weighted by Crippen LogP contribution is 2.38. The Morgan fingerprint density at radius 1 is 1.11 bits per heavy atom. The van der Waals surface area contributed by atoms with Crippen LogP contribution in [-0.4, -0.2) is 29.3 Å². The average molecular weight is 501 g/mol. The first-order valence-corrected chi connectivity index (χ1v) is 13.0. The molecule has 1 aromatic heterocycles. The Balaban J connectivity index is 1.84. The van der Waals surface area contributed by atoms with Crippen molar-refractivity contribution in [3.8, 4) is 11.1 Å². The minimum atomic E-state index is -0.581. The van der Waals surface area contributed by atoms with Gasteiger partial charge < -0.3 is 14.8 Å². The number of nitrogens with one attached hydrogen (secondary N) is 1. The van der Waals surface area contributed by atoms with E-state index < -0.39 is 11.7 Å². The third-order valence-electron chi connectivity index (χ3n) is 6.22. The van der Waals surface area contributed by atoms with Gasteiger partial charge in [-0.15, -0.1) is 0 Å². The number of amides is 1. The fourth-order valence-corrected chi connectivity index (χ4v) is 4.31. The third-order valence-corrected chi connectivity index (χ3v) is 6.22. The van der Waals surface area contributed by atoms with Gasteiger partial charge in [0.25, 0.3) is 0 Å². The summed E-state index contributed by atoms with van der Waals surface area (Å²) in [6, 6.07) is 14.4. The molecule has 0 saturated heterocycles. The predicted octanol–water partition coefficient (Wildman–Crippen LogP) is 6.76. The number of hydrogen-bond acceptors (Lipinski definition) is 5. The Morgan fingerprint density at radius 3 is 2.49 bits per heavy atom. The molecule has 1 aliphatic carbocycles. The quantitative estimate of drug-likeness (QED) is 0.273. The minimum Gasteiger partial charge on any atom is -0.463 e. The van der Waals surface area contributed by atoms with Gasteiger partial charge in [-0.25, -0.2) is 9.59 Å². The van der Waals surface area contributed by atoms with Gasteiger partial charge in [0.15, 0.2) is 0 Å².